The summed E-state index contributed by atoms with van der Waals surface area (Å²) in [4.78, 5) is 25.5. The van der Waals surface area contributed by atoms with Crippen LogP contribution in [0, 0.1) is 12.7 Å². The van der Waals surface area contributed by atoms with Crippen LogP contribution >= 0.6 is 0 Å². The fourth-order valence-corrected chi connectivity index (χ4v) is 2.14. The molecule has 0 aromatic heterocycles. The lowest BCUT2D eigenvalue weighted by Gasteiger charge is -2.42. The number of carbonyl (C=O) groups excluding carboxylic acids is 2. The minimum absolute atomic E-state index is 0.00177. The highest BCUT2D eigenvalue weighted by molar-refractivity contribution is 5.98. The Morgan fingerprint density at radius 3 is 2.79 bits per heavy atom. The molecule has 19 heavy (non-hydrogen) atoms. The van der Waals surface area contributed by atoms with Crippen LogP contribution in [-0.4, -0.2) is 35.3 Å². The van der Waals surface area contributed by atoms with Gasteiger partial charge in [-0.05, 0) is 38.5 Å². The number of aryl methyl sites for hydroxylation is 1. The fraction of sp³-hybridized carbons (Fsp3) is 0.429. The van der Waals surface area contributed by atoms with Crippen LogP contribution in [-0.2, 0) is 4.79 Å². The third-order valence-electron chi connectivity index (χ3n) is 3.43. The summed E-state index contributed by atoms with van der Waals surface area (Å²) in [5.74, 6) is -0.952. The molecule has 0 radical (unpaired) electrons. The Hall–Kier alpha value is -1.91. The largest absolute Gasteiger partial charge is 0.352 e. The van der Waals surface area contributed by atoms with E-state index in [0.717, 1.165) is 0 Å². The highest BCUT2D eigenvalue weighted by atomic mass is 19.1. The highest BCUT2D eigenvalue weighted by Gasteiger charge is 2.37. The van der Waals surface area contributed by atoms with Crippen LogP contribution in [0.15, 0.2) is 18.2 Å². The average molecular weight is 264 g/mol. The molecule has 0 saturated carbocycles. The van der Waals surface area contributed by atoms with Gasteiger partial charge in [-0.15, -0.1) is 0 Å². The maximum absolute atomic E-state index is 13.3. The van der Waals surface area contributed by atoms with Gasteiger partial charge in [-0.2, -0.15) is 0 Å². The van der Waals surface area contributed by atoms with Crippen molar-refractivity contribution in [2.45, 2.75) is 26.3 Å². The topological polar surface area (TPSA) is 49.4 Å². The molecule has 1 aliphatic heterocycles. The molecule has 0 bridgehead atoms. The van der Waals surface area contributed by atoms with E-state index in [2.05, 4.69) is 5.32 Å². The third kappa shape index (κ3) is 2.59. The van der Waals surface area contributed by atoms with Gasteiger partial charge < -0.3 is 10.2 Å². The first-order valence-electron chi connectivity index (χ1n) is 6.16. The van der Waals surface area contributed by atoms with Gasteiger partial charge in [0.05, 0.1) is 5.54 Å². The monoisotopic (exact) mass is 264 g/mol. The van der Waals surface area contributed by atoms with E-state index in [4.69, 9.17) is 0 Å². The molecule has 5 heteroatoms. The Bertz CT molecular complexity index is 540. The number of halogens is 1. The molecule has 0 atom stereocenters. The number of nitrogens with zero attached hydrogens (tertiary/aromatic N) is 1. The second-order valence-corrected chi connectivity index (χ2v) is 5.44. The molecular weight excluding hydrogens is 247 g/mol. The maximum atomic E-state index is 13.3. The summed E-state index contributed by atoms with van der Waals surface area (Å²) in [6.45, 7) is 5.90. The van der Waals surface area contributed by atoms with Gasteiger partial charge in [-0.25, -0.2) is 4.39 Å². The van der Waals surface area contributed by atoms with Crippen molar-refractivity contribution in [1.82, 2.24) is 10.2 Å². The lowest BCUT2D eigenvalue weighted by molar-refractivity contribution is -0.126. The number of nitrogens with one attached hydrogen (secondary N) is 1. The molecule has 2 amide bonds. The van der Waals surface area contributed by atoms with Crippen molar-refractivity contribution >= 4 is 11.8 Å². The average Bonchev–Trinajstić information content (AvgIpc) is 2.34. The SMILES string of the molecule is Cc1ccc(F)cc1C(=O)N1CC(=O)NCC1(C)C. The van der Waals surface area contributed by atoms with E-state index < -0.39 is 11.4 Å². The van der Waals surface area contributed by atoms with E-state index in [9.17, 15) is 14.0 Å². The second kappa shape index (κ2) is 4.64. The Labute approximate surface area is 111 Å². The summed E-state index contributed by atoms with van der Waals surface area (Å²) < 4.78 is 13.3. The van der Waals surface area contributed by atoms with Crippen LogP contribution in [0.25, 0.3) is 0 Å². The van der Waals surface area contributed by atoms with E-state index in [1.165, 1.54) is 17.0 Å². The maximum Gasteiger partial charge on any atom is 0.255 e. The minimum Gasteiger partial charge on any atom is -0.352 e. The number of hydrogen-bond donors (Lipinski definition) is 1. The second-order valence-electron chi connectivity index (χ2n) is 5.44. The molecule has 1 aromatic carbocycles. The molecule has 0 spiro atoms. The van der Waals surface area contributed by atoms with Crippen molar-refractivity contribution in [3.8, 4) is 0 Å². The van der Waals surface area contributed by atoms with E-state index in [0.29, 0.717) is 17.7 Å². The Kier molecular flexibility index (Phi) is 3.30. The first-order valence-corrected chi connectivity index (χ1v) is 6.16. The van der Waals surface area contributed by atoms with Crippen LogP contribution in [0.5, 0.6) is 0 Å². The van der Waals surface area contributed by atoms with Crippen molar-refractivity contribution in [3.63, 3.8) is 0 Å². The Balaban J connectivity index is 2.37. The zero-order valence-corrected chi connectivity index (χ0v) is 11.3. The Morgan fingerprint density at radius 2 is 2.11 bits per heavy atom. The summed E-state index contributed by atoms with van der Waals surface area (Å²) in [5, 5.41) is 2.73. The van der Waals surface area contributed by atoms with Crippen LogP contribution < -0.4 is 5.32 Å². The first-order chi connectivity index (χ1) is 8.81. The Morgan fingerprint density at radius 1 is 1.42 bits per heavy atom. The van der Waals surface area contributed by atoms with Gasteiger partial charge in [0.15, 0.2) is 0 Å². The third-order valence-corrected chi connectivity index (χ3v) is 3.43. The predicted molar refractivity (Wildman–Crippen MR) is 69.3 cm³/mol. The number of rotatable bonds is 1. The molecule has 1 aliphatic rings. The normalized spacial score (nSPS) is 18.1. The molecule has 1 fully saturated rings. The van der Waals surface area contributed by atoms with E-state index >= 15 is 0 Å². The summed E-state index contributed by atoms with van der Waals surface area (Å²) in [6.07, 6.45) is 0. The lowest BCUT2D eigenvalue weighted by atomic mass is 9.97. The summed E-state index contributed by atoms with van der Waals surface area (Å²) in [6, 6.07) is 4.11. The molecule has 1 saturated heterocycles. The van der Waals surface area contributed by atoms with Gasteiger partial charge in [0.1, 0.15) is 12.4 Å². The first kappa shape index (κ1) is 13.5. The van der Waals surface area contributed by atoms with Crippen molar-refractivity contribution in [1.29, 1.82) is 0 Å². The van der Waals surface area contributed by atoms with Gasteiger partial charge in [0.25, 0.3) is 5.91 Å². The molecular formula is C14H17FN2O2. The standard InChI is InChI=1S/C14H17FN2O2/c1-9-4-5-10(15)6-11(9)13(19)17-7-12(18)16-8-14(17,2)3/h4-6H,7-8H2,1-3H3,(H,16,18). The number of carbonyl (C=O) groups is 2. The molecule has 102 valence electrons. The van der Waals surface area contributed by atoms with Crippen LogP contribution in [0.4, 0.5) is 4.39 Å². The zero-order valence-electron chi connectivity index (χ0n) is 11.3. The van der Waals surface area contributed by atoms with Gasteiger partial charge in [0, 0.05) is 12.1 Å². The summed E-state index contributed by atoms with van der Waals surface area (Å²) in [5.41, 5.74) is 0.528. The van der Waals surface area contributed by atoms with Crippen LogP contribution in [0.3, 0.4) is 0 Å². The van der Waals surface area contributed by atoms with Crippen LogP contribution in [0.1, 0.15) is 29.8 Å². The van der Waals surface area contributed by atoms with Crippen molar-refractivity contribution in [3.05, 3.63) is 35.1 Å². The lowest BCUT2D eigenvalue weighted by Crippen LogP contribution is -2.62. The highest BCUT2D eigenvalue weighted by Crippen LogP contribution is 2.22. The number of benzene rings is 1. The van der Waals surface area contributed by atoms with Crippen molar-refractivity contribution in [2.24, 2.45) is 0 Å². The zero-order chi connectivity index (χ0) is 14.2. The van der Waals surface area contributed by atoms with E-state index in [1.54, 1.807) is 13.0 Å². The van der Waals surface area contributed by atoms with Gasteiger partial charge >= 0.3 is 0 Å². The smallest absolute Gasteiger partial charge is 0.255 e. The molecule has 0 aliphatic carbocycles. The number of hydrogen-bond acceptors (Lipinski definition) is 2. The number of piperazine rings is 1. The summed E-state index contributed by atoms with van der Waals surface area (Å²) >= 11 is 0. The molecule has 0 unspecified atom stereocenters. The van der Waals surface area contributed by atoms with Crippen molar-refractivity contribution < 1.29 is 14.0 Å². The van der Waals surface area contributed by atoms with E-state index in [-0.39, 0.29) is 18.4 Å². The molecule has 4 nitrogen and oxygen atoms in total. The van der Waals surface area contributed by atoms with Crippen molar-refractivity contribution in [2.75, 3.05) is 13.1 Å². The minimum atomic E-state index is -0.482. The number of amides is 2. The molecule has 2 rings (SSSR count). The molecule has 1 heterocycles. The predicted octanol–water partition coefficient (Wildman–Crippen LogP) is 1.48. The van der Waals surface area contributed by atoms with Gasteiger partial charge in [0.2, 0.25) is 5.91 Å². The fourth-order valence-electron chi connectivity index (χ4n) is 2.14. The van der Waals surface area contributed by atoms with Crippen LogP contribution in [0.2, 0.25) is 0 Å². The molecule has 1 N–H and O–H groups in total. The van der Waals surface area contributed by atoms with Gasteiger partial charge in [-0.3, -0.25) is 9.59 Å². The molecule has 1 aromatic rings. The quantitative estimate of drug-likeness (QED) is 0.835. The van der Waals surface area contributed by atoms with E-state index in [1.807, 2.05) is 13.8 Å². The van der Waals surface area contributed by atoms with Gasteiger partial charge in [-0.1, -0.05) is 6.07 Å². The summed E-state index contributed by atoms with van der Waals surface area (Å²) in [7, 11) is 0.